The van der Waals surface area contributed by atoms with Gasteiger partial charge in [0.25, 0.3) is 5.91 Å². The number of aryl methyl sites for hydroxylation is 2. The molecule has 1 saturated heterocycles. The minimum atomic E-state index is -3.14. The van der Waals surface area contributed by atoms with Crippen molar-refractivity contribution < 1.29 is 17.6 Å². The van der Waals surface area contributed by atoms with E-state index in [1.54, 1.807) is 17.7 Å². The maximum absolute atomic E-state index is 13.4. The molecule has 9 heteroatoms. The van der Waals surface area contributed by atoms with Crippen LogP contribution in [0.2, 0.25) is 0 Å². The Hall–Kier alpha value is -3.59. The van der Waals surface area contributed by atoms with Crippen LogP contribution in [0.5, 0.6) is 0 Å². The SMILES string of the molecule is Cc1ccc(-c2cc(C(=O)Nc3ccc(F)cc3)c3c(C)nn([C@@H]4CCS(=O)(=O)C4)c3n2)cc1. The first kappa shape index (κ1) is 22.2. The van der Waals surface area contributed by atoms with Gasteiger partial charge < -0.3 is 5.32 Å². The maximum atomic E-state index is 13.4. The van der Waals surface area contributed by atoms with Crippen LogP contribution in [-0.2, 0) is 9.84 Å². The van der Waals surface area contributed by atoms with Crippen LogP contribution in [0.1, 0.15) is 34.1 Å². The lowest BCUT2D eigenvalue weighted by Gasteiger charge is -2.12. The number of carbonyl (C=O) groups is 1. The van der Waals surface area contributed by atoms with Gasteiger partial charge in [0.1, 0.15) is 5.82 Å². The molecule has 1 aliphatic heterocycles. The number of hydrogen-bond donors (Lipinski definition) is 1. The van der Waals surface area contributed by atoms with Gasteiger partial charge in [-0.15, -0.1) is 0 Å². The highest BCUT2D eigenvalue weighted by Crippen LogP contribution is 2.32. The van der Waals surface area contributed by atoms with E-state index in [4.69, 9.17) is 4.98 Å². The summed E-state index contributed by atoms with van der Waals surface area (Å²) in [7, 11) is -3.14. The van der Waals surface area contributed by atoms with E-state index in [-0.39, 0.29) is 23.5 Å². The Labute approximate surface area is 196 Å². The maximum Gasteiger partial charge on any atom is 0.256 e. The fourth-order valence-corrected chi connectivity index (χ4v) is 6.01. The lowest BCUT2D eigenvalue weighted by Crippen LogP contribution is -2.15. The van der Waals surface area contributed by atoms with Gasteiger partial charge in [-0.25, -0.2) is 22.5 Å². The van der Waals surface area contributed by atoms with Crippen molar-refractivity contribution in [2.45, 2.75) is 26.3 Å². The highest BCUT2D eigenvalue weighted by molar-refractivity contribution is 7.91. The summed E-state index contributed by atoms with van der Waals surface area (Å²) in [6, 6.07) is 14.7. The molecule has 5 rings (SSSR count). The lowest BCUT2D eigenvalue weighted by atomic mass is 10.0. The molecule has 34 heavy (non-hydrogen) atoms. The summed E-state index contributed by atoms with van der Waals surface area (Å²) in [4.78, 5) is 18.2. The third-order valence-electron chi connectivity index (χ3n) is 6.09. The van der Waals surface area contributed by atoms with Crippen LogP contribution in [-0.4, -0.2) is 40.6 Å². The zero-order chi connectivity index (χ0) is 24.0. The molecule has 1 fully saturated rings. The molecule has 0 radical (unpaired) electrons. The van der Waals surface area contributed by atoms with E-state index < -0.39 is 15.7 Å². The molecule has 4 aromatic rings. The predicted molar refractivity (Wildman–Crippen MR) is 129 cm³/mol. The number of amides is 1. The molecule has 3 heterocycles. The summed E-state index contributed by atoms with van der Waals surface area (Å²) in [5.41, 5.74) is 4.39. The number of nitrogens with one attached hydrogen (secondary N) is 1. The molecule has 1 N–H and O–H groups in total. The number of hydrogen-bond acceptors (Lipinski definition) is 5. The number of fused-ring (bicyclic) bond motifs is 1. The van der Waals surface area contributed by atoms with Crippen molar-refractivity contribution in [3.8, 4) is 11.3 Å². The van der Waals surface area contributed by atoms with E-state index >= 15 is 0 Å². The van der Waals surface area contributed by atoms with Crippen molar-refractivity contribution in [2.24, 2.45) is 0 Å². The fourth-order valence-electron chi connectivity index (χ4n) is 4.32. The van der Waals surface area contributed by atoms with Crippen molar-refractivity contribution in [3.63, 3.8) is 0 Å². The van der Waals surface area contributed by atoms with Crippen LogP contribution in [0.15, 0.2) is 54.6 Å². The van der Waals surface area contributed by atoms with Crippen molar-refractivity contribution in [1.29, 1.82) is 0 Å². The summed E-state index contributed by atoms with van der Waals surface area (Å²) in [6.45, 7) is 3.77. The van der Waals surface area contributed by atoms with Gasteiger partial charge in [-0.3, -0.25) is 4.79 Å². The second kappa shape index (κ2) is 8.32. The Balaban J connectivity index is 1.67. The van der Waals surface area contributed by atoms with Crippen LogP contribution in [0.4, 0.5) is 10.1 Å². The molecule has 1 atom stereocenters. The standard InChI is InChI=1S/C25H23FN4O3S/c1-15-3-5-17(6-4-15)22-13-21(25(31)27-19-9-7-18(26)8-10-19)23-16(2)29-30(24(23)28-22)20-11-12-34(32,33)14-20/h3-10,13,20H,11-12,14H2,1-2H3,(H,27,31)/t20-/m1/s1. The number of aromatic nitrogens is 3. The molecule has 0 aliphatic carbocycles. The smallest absolute Gasteiger partial charge is 0.256 e. The second-order valence-corrected chi connectivity index (χ2v) is 10.9. The van der Waals surface area contributed by atoms with Gasteiger partial charge in [0.05, 0.1) is 39.9 Å². The molecule has 0 spiro atoms. The van der Waals surface area contributed by atoms with Gasteiger partial charge in [0.2, 0.25) is 0 Å². The molecule has 174 valence electrons. The number of nitrogens with zero attached hydrogens (tertiary/aromatic N) is 3. The van der Waals surface area contributed by atoms with Crippen molar-refractivity contribution in [2.75, 3.05) is 16.8 Å². The number of anilines is 1. The average Bonchev–Trinajstić information content (AvgIpc) is 3.34. The Morgan fingerprint density at radius 2 is 1.79 bits per heavy atom. The minimum absolute atomic E-state index is 0.00321. The van der Waals surface area contributed by atoms with Crippen LogP contribution in [0.25, 0.3) is 22.3 Å². The van der Waals surface area contributed by atoms with Gasteiger partial charge in [0.15, 0.2) is 15.5 Å². The van der Waals surface area contributed by atoms with E-state index in [9.17, 15) is 17.6 Å². The summed E-state index contributed by atoms with van der Waals surface area (Å²) in [5, 5.41) is 8.00. The Morgan fingerprint density at radius 3 is 2.44 bits per heavy atom. The van der Waals surface area contributed by atoms with Crippen LogP contribution < -0.4 is 5.32 Å². The monoisotopic (exact) mass is 478 g/mol. The molecule has 2 aromatic carbocycles. The summed E-state index contributed by atoms with van der Waals surface area (Å²) < 4.78 is 39.2. The summed E-state index contributed by atoms with van der Waals surface area (Å²) in [5.74, 6) is -0.673. The van der Waals surface area contributed by atoms with Crippen molar-refractivity contribution in [3.05, 3.63) is 77.2 Å². The molecule has 2 aromatic heterocycles. The zero-order valence-corrected chi connectivity index (χ0v) is 19.6. The molecule has 0 saturated carbocycles. The molecule has 0 bridgehead atoms. The number of sulfone groups is 1. The Kier molecular flexibility index (Phi) is 5.44. The van der Waals surface area contributed by atoms with E-state index in [0.717, 1.165) is 11.1 Å². The van der Waals surface area contributed by atoms with E-state index in [0.29, 0.717) is 40.1 Å². The fraction of sp³-hybridized carbons (Fsp3) is 0.240. The van der Waals surface area contributed by atoms with Crippen LogP contribution >= 0.6 is 0 Å². The molecule has 0 unspecified atom stereocenters. The van der Waals surface area contributed by atoms with Gasteiger partial charge in [-0.2, -0.15) is 5.10 Å². The number of rotatable bonds is 4. The molecular formula is C25H23FN4O3S. The predicted octanol–water partition coefficient (Wildman–Crippen LogP) is 4.47. The van der Waals surface area contributed by atoms with Crippen molar-refractivity contribution >= 4 is 32.5 Å². The zero-order valence-electron chi connectivity index (χ0n) is 18.7. The van der Waals surface area contributed by atoms with Crippen LogP contribution in [0, 0.1) is 19.7 Å². The first-order valence-electron chi connectivity index (χ1n) is 10.9. The summed E-state index contributed by atoms with van der Waals surface area (Å²) >= 11 is 0. The van der Waals surface area contributed by atoms with E-state index in [1.807, 2.05) is 31.2 Å². The molecular weight excluding hydrogens is 455 g/mol. The number of benzene rings is 2. The molecule has 1 aliphatic rings. The Morgan fingerprint density at radius 1 is 1.09 bits per heavy atom. The minimum Gasteiger partial charge on any atom is -0.322 e. The second-order valence-electron chi connectivity index (χ2n) is 8.67. The van der Waals surface area contributed by atoms with Gasteiger partial charge >= 0.3 is 0 Å². The molecule has 1 amide bonds. The third-order valence-corrected chi connectivity index (χ3v) is 7.84. The third kappa shape index (κ3) is 4.19. The number of halogens is 1. The quantitative estimate of drug-likeness (QED) is 0.467. The van der Waals surface area contributed by atoms with E-state index in [2.05, 4.69) is 10.4 Å². The van der Waals surface area contributed by atoms with E-state index in [1.165, 1.54) is 24.3 Å². The summed E-state index contributed by atoms with van der Waals surface area (Å²) in [6.07, 6.45) is 0.450. The van der Waals surface area contributed by atoms with Gasteiger partial charge in [-0.05, 0) is 50.6 Å². The van der Waals surface area contributed by atoms with Gasteiger partial charge in [0, 0.05) is 11.3 Å². The largest absolute Gasteiger partial charge is 0.322 e. The highest BCUT2D eigenvalue weighted by atomic mass is 32.2. The lowest BCUT2D eigenvalue weighted by molar-refractivity contribution is 0.102. The average molecular weight is 479 g/mol. The van der Waals surface area contributed by atoms with Crippen LogP contribution in [0.3, 0.4) is 0 Å². The number of pyridine rings is 1. The topological polar surface area (TPSA) is 94.0 Å². The first-order valence-corrected chi connectivity index (χ1v) is 12.8. The highest BCUT2D eigenvalue weighted by Gasteiger charge is 2.32. The van der Waals surface area contributed by atoms with Gasteiger partial charge in [-0.1, -0.05) is 29.8 Å². The van der Waals surface area contributed by atoms with Crippen molar-refractivity contribution in [1.82, 2.24) is 14.8 Å². The normalized spacial score (nSPS) is 17.2. The molecule has 7 nitrogen and oxygen atoms in total. The number of carbonyl (C=O) groups excluding carboxylic acids is 1. The first-order chi connectivity index (χ1) is 16.2. The Bertz CT molecular complexity index is 1510.